The lowest BCUT2D eigenvalue weighted by Gasteiger charge is -2.29. The molecule has 0 amide bonds. The van der Waals surface area contributed by atoms with Crippen molar-refractivity contribution in [3.05, 3.63) is 131 Å². The van der Waals surface area contributed by atoms with Crippen molar-refractivity contribution in [2.75, 3.05) is 0 Å². The Kier molecular flexibility index (Phi) is 3.01. The van der Waals surface area contributed by atoms with Gasteiger partial charge in [-0.15, -0.1) is 0 Å². The van der Waals surface area contributed by atoms with Crippen molar-refractivity contribution in [2.24, 2.45) is 0 Å². The second-order valence-corrected chi connectivity index (χ2v) is 9.32. The molecule has 1 atom stereocenters. The second kappa shape index (κ2) is 5.74. The Labute approximate surface area is 192 Å². The Bertz CT molecular complexity index is 1720. The van der Waals surface area contributed by atoms with E-state index >= 15 is 0 Å². The highest BCUT2D eigenvalue weighted by Crippen LogP contribution is 2.63. The molecule has 5 aromatic carbocycles. The molecular formula is C32H19N. The van der Waals surface area contributed by atoms with E-state index in [0.717, 1.165) is 0 Å². The summed E-state index contributed by atoms with van der Waals surface area (Å²) in [6.45, 7) is 2.16. The highest BCUT2D eigenvalue weighted by molar-refractivity contribution is 6.13. The van der Waals surface area contributed by atoms with E-state index in [1.807, 2.05) is 6.07 Å². The van der Waals surface area contributed by atoms with E-state index in [-0.39, 0.29) is 0 Å². The lowest BCUT2D eigenvalue weighted by atomic mass is 9.70. The largest absolute Gasteiger partial charge is 0.354 e. The van der Waals surface area contributed by atoms with E-state index in [4.69, 9.17) is 0 Å². The molecule has 1 spiro atoms. The number of aromatic amines is 1. The SMILES string of the molecule is Cc1ccc2[nH]c3c4c(ccc3c2c1)-c1ccccc1C41c2c#cccc2-c2ccccc21. The Hall–Kier alpha value is -4.28. The summed E-state index contributed by atoms with van der Waals surface area (Å²) in [4.78, 5) is 3.83. The van der Waals surface area contributed by atoms with Crippen molar-refractivity contribution in [1.29, 1.82) is 0 Å². The van der Waals surface area contributed by atoms with Crippen molar-refractivity contribution in [1.82, 2.24) is 4.98 Å². The van der Waals surface area contributed by atoms with Gasteiger partial charge in [-0.05, 0) is 64.6 Å². The fraction of sp³-hybridized carbons (Fsp3) is 0.0625. The molecule has 2 aliphatic rings. The van der Waals surface area contributed by atoms with Crippen LogP contribution in [0.5, 0.6) is 0 Å². The number of H-pyrrole nitrogens is 1. The fourth-order valence-electron chi connectivity index (χ4n) is 6.50. The standard InChI is InChI=1S/C32H19N/c1-19-14-17-29-25(18-19)24-16-15-23-22-10-4-7-13-28(22)32(30(23)31(24)33-29)26-11-5-2-8-20(26)21-9-3-6-12-27(21)32/h2-5,7-11,13-18,33H,1H3. The molecule has 1 heteroatoms. The Balaban J connectivity index is 1.65. The van der Waals surface area contributed by atoms with Crippen LogP contribution in [0.25, 0.3) is 44.1 Å². The zero-order valence-corrected chi connectivity index (χ0v) is 18.2. The summed E-state index contributed by atoms with van der Waals surface area (Å²) in [5.41, 5.74) is 13.7. The maximum absolute atomic E-state index is 3.83. The zero-order valence-electron chi connectivity index (χ0n) is 18.2. The van der Waals surface area contributed by atoms with Gasteiger partial charge < -0.3 is 4.98 Å². The van der Waals surface area contributed by atoms with Gasteiger partial charge in [0.25, 0.3) is 0 Å². The van der Waals surface area contributed by atoms with E-state index in [1.54, 1.807) is 0 Å². The number of nitrogens with one attached hydrogen (secondary N) is 1. The van der Waals surface area contributed by atoms with Crippen LogP contribution in [0.15, 0.2) is 91.0 Å². The summed E-state index contributed by atoms with van der Waals surface area (Å²) in [6, 6.07) is 40.2. The maximum atomic E-state index is 3.83. The topological polar surface area (TPSA) is 15.8 Å². The average Bonchev–Trinajstić information content (AvgIpc) is 3.48. The van der Waals surface area contributed by atoms with Crippen molar-refractivity contribution < 1.29 is 0 Å². The third-order valence-corrected chi connectivity index (χ3v) is 7.72. The monoisotopic (exact) mass is 417 g/mol. The molecule has 8 rings (SSSR count). The molecule has 152 valence electrons. The van der Waals surface area contributed by atoms with Gasteiger partial charge in [-0.1, -0.05) is 84.4 Å². The van der Waals surface area contributed by atoms with Gasteiger partial charge in [0.2, 0.25) is 0 Å². The predicted molar refractivity (Wildman–Crippen MR) is 135 cm³/mol. The lowest BCUT2D eigenvalue weighted by Crippen LogP contribution is -2.26. The van der Waals surface area contributed by atoms with Crippen LogP contribution in [-0.4, -0.2) is 4.98 Å². The van der Waals surface area contributed by atoms with Crippen LogP contribution in [0.1, 0.15) is 27.8 Å². The van der Waals surface area contributed by atoms with Gasteiger partial charge in [0.05, 0.1) is 10.9 Å². The van der Waals surface area contributed by atoms with Gasteiger partial charge in [0.1, 0.15) is 0 Å². The van der Waals surface area contributed by atoms with Crippen LogP contribution in [0.2, 0.25) is 0 Å². The molecule has 0 saturated heterocycles. The first-order valence-electron chi connectivity index (χ1n) is 11.5. The average molecular weight is 418 g/mol. The molecule has 2 aliphatic carbocycles. The Morgan fingerprint density at radius 1 is 0.697 bits per heavy atom. The smallest absolute Gasteiger partial charge is 0.0825 e. The minimum absolute atomic E-state index is 0.398. The molecule has 33 heavy (non-hydrogen) atoms. The number of fused-ring (bicyclic) bond motifs is 14. The van der Waals surface area contributed by atoms with E-state index in [9.17, 15) is 0 Å². The van der Waals surface area contributed by atoms with Crippen LogP contribution in [-0.2, 0) is 5.41 Å². The minimum atomic E-state index is -0.398. The number of aromatic nitrogens is 1. The summed E-state index contributed by atoms with van der Waals surface area (Å²) < 4.78 is 0. The molecule has 1 unspecified atom stereocenters. The van der Waals surface area contributed by atoms with Crippen LogP contribution in [0.3, 0.4) is 0 Å². The normalized spacial score (nSPS) is 14.2. The molecule has 0 radical (unpaired) electrons. The molecule has 0 fully saturated rings. The first-order valence-corrected chi connectivity index (χ1v) is 11.5. The number of hydrogen-bond donors (Lipinski definition) is 1. The first-order chi connectivity index (χ1) is 16.3. The molecule has 1 N–H and O–H groups in total. The summed E-state index contributed by atoms with van der Waals surface area (Å²) >= 11 is 0. The van der Waals surface area contributed by atoms with Crippen molar-refractivity contribution in [2.45, 2.75) is 12.3 Å². The van der Waals surface area contributed by atoms with E-state index in [0.29, 0.717) is 0 Å². The summed E-state index contributed by atoms with van der Waals surface area (Å²) in [6.07, 6.45) is 0. The van der Waals surface area contributed by atoms with Crippen molar-refractivity contribution in [3.8, 4) is 22.3 Å². The Morgan fingerprint density at radius 2 is 1.45 bits per heavy atom. The summed E-state index contributed by atoms with van der Waals surface area (Å²) in [7, 11) is 0. The Morgan fingerprint density at radius 3 is 2.27 bits per heavy atom. The van der Waals surface area contributed by atoms with Gasteiger partial charge >= 0.3 is 0 Å². The molecule has 1 aromatic heterocycles. The van der Waals surface area contributed by atoms with Gasteiger partial charge in [-0.25, -0.2) is 0 Å². The van der Waals surface area contributed by atoms with Crippen LogP contribution in [0, 0.1) is 19.1 Å². The summed E-state index contributed by atoms with van der Waals surface area (Å²) in [5.74, 6) is 0. The number of benzene rings is 4. The molecule has 1 heterocycles. The molecule has 0 saturated carbocycles. The van der Waals surface area contributed by atoms with Gasteiger partial charge in [-0.2, -0.15) is 0 Å². The number of rotatable bonds is 0. The zero-order chi connectivity index (χ0) is 21.7. The highest BCUT2D eigenvalue weighted by atomic mass is 14.7. The predicted octanol–water partition coefficient (Wildman–Crippen LogP) is 7.57. The molecule has 1 nitrogen and oxygen atoms in total. The van der Waals surface area contributed by atoms with E-state index in [2.05, 4.69) is 109 Å². The first kappa shape index (κ1) is 17.3. The third-order valence-electron chi connectivity index (χ3n) is 7.72. The van der Waals surface area contributed by atoms with Gasteiger partial charge in [0, 0.05) is 27.4 Å². The molecular weight excluding hydrogens is 398 g/mol. The number of aryl methyl sites for hydroxylation is 1. The summed E-state index contributed by atoms with van der Waals surface area (Å²) in [5, 5.41) is 2.57. The van der Waals surface area contributed by atoms with Crippen molar-refractivity contribution in [3.63, 3.8) is 0 Å². The van der Waals surface area contributed by atoms with Gasteiger partial charge in [-0.3, -0.25) is 0 Å². The highest BCUT2D eigenvalue weighted by Gasteiger charge is 2.53. The molecule has 0 bridgehead atoms. The minimum Gasteiger partial charge on any atom is -0.354 e. The second-order valence-electron chi connectivity index (χ2n) is 9.32. The third kappa shape index (κ3) is 1.88. The van der Waals surface area contributed by atoms with Crippen molar-refractivity contribution >= 4 is 21.8 Å². The molecule has 0 aliphatic heterocycles. The van der Waals surface area contributed by atoms with E-state index in [1.165, 1.54) is 71.9 Å². The van der Waals surface area contributed by atoms with Crippen LogP contribution >= 0.6 is 0 Å². The molecule has 6 aromatic rings. The quantitative estimate of drug-likeness (QED) is 0.262. The number of hydrogen-bond acceptors (Lipinski definition) is 0. The fourth-order valence-corrected chi connectivity index (χ4v) is 6.50. The lowest BCUT2D eigenvalue weighted by molar-refractivity contribution is 0.800. The van der Waals surface area contributed by atoms with Crippen LogP contribution in [0.4, 0.5) is 0 Å². The van der Waals surface area contributed by atoms with Gasteiger partial charge in [0.15, 0.2) is 0 Å². The van der Waals surface area contributed by atoms with Crippen LogP contribution < -0.4 is 0 Å². The maximum Gasteiger partial charge on any atom is 0.0825 e. The van der Waals surface area contributed by atoms with E-state index < -0.39 is 5.41 Å².